The van der Waals surface area contributed by atoms with Crippen LogP contribution in [0.2, 0.25) is 0 Å². The molecule has 2 aromatic rings. The molecule has 1 aromatic heterocycles. The number of rotatable bonds is 8. The number of nitriles is 1. The molecule has 1 atom stereocenters. The largest absolute Gasteiger partial charge is 0.491 e. The second-order valence-electron chi connectivity index (χ2n) is 9.01. The van der Waals surface area contributed by atoms with Gasteiger partial charge in [0.15, 0.2) is 0 Å². The molecule has 0 aliphatic heterocycles. The SMILES string of the molecule is CCC(CC)(c1ccc(OCC(O)C(C)(C)C)c(C)c1)c1cc(C)c(CC#N)s1. The number of hydrogen-bond donors (Lipinski definition) is 1. The lowest BCUT2D eigenvalue weighted by molar-refractivity contribution is 0.0216. The lowest BCUT2D eigenvalue weighted by Crippen LogP contribution is -2.32. The van der Waals surface area contributed by atoms with Gasteiger partial charge in [-0.05, 0) is 60.9 Å². The summed E-state index contributed by atoms with van der Waals surface area (Å²) in [6.45, 7) is 15.0. The van der Waals surface area contributed by atoms with Crippen LogP contribution in [0.4, 0.5) is 0 Å². The van der Waals surface area contributed by atoms with Crippen LogP contribution in [0.3, 0.4) is 0 Å². The summed E-state index contributed by atoms with van der Waals surface area (Å²) in [4.78, 5) is 2.50. The highest BCUT2D eigenvalue weighted by Crippen LogP contribution is 2.44. The summed E-state index contributed by atoms with van der Waals surface area (Å²) in [5, 5.41) is 19.4. The van der Waals surface area contributed by atoms with Gasteiger partial charge in [-0.25, -0.2) is 0 Å². The van der Waals surface area contributed by atoms with Gasteiger partial charge in [-0.2, -0.15) is 5.26 Å². The van der Waals surface area contributed by atoms with Gasteiger partial charge in [-0.3, -0.25) is 0 Å². The van der Waals surface area contributed by atoms with Gasteiger partial charge in [0.05, 0.1) is 18.6 Å². The van der Waals surface area contributed by atoms with E-state index < -0.39 is 6.10 Å². The normalized spacial score (nSPS) is 13.2. The minimum atomic E-state index is -0.514. The van der Waals surface area contributed by atoms with Gasteiger partial charge < -0.3 is 9.84 Å². The third kappa shape index (κ3) is 5.02. The second-order valence-corrected chi connectivity index (χ2v) is 10.2. The van der Waals surface area contributed by atoms with Crippen LogP contribution in [-0.4, -0.2) is 17.8 Å². The average Bonchev–Trinajstić information content (AvgIpc) is 3.02. The topological polar surface area (TPSA) is 53.2 Å². The summed E-state index contributed by atoms with van der Waals surface area (Å²) < 4.78 is 5.94. The summed E-state index contributed by atoms with van der Waals surface area (Å²) in [5.74, 6) is 0.825. The molecular formula is C25H35NO2S. The Kier molecular flexibility index (Phi) is 7.54. The first-order chi connectivity index (χ1) is 13.6. The zero-order valence-corrected chi connectivity index (χ0v) is 19.7. The number of benzene rings is 1. The molecule has 1 aromatic carbocycles. The number of thiophene rings is 1. The van der Waals surface area contributed by atoms with Crippen LogP contribution in [-0.2, 0) is 11.8 Å². The van der Waals surface area contributed by atoms with Crippen molar-refractivity contribution in [3.8, 4) is 11.8 Å². The molecule has 1 N–H and O–H groups in total. The fourth-order valence-electron chi connectivity index (χ4n) is 3.68. The summed E-state index contributed by atoms with van der Waals surface area (Å²) in [5.41, 5.74) is 3.32. The van der Waals surface area contributed by atoms with Gasteiger partial charge in [0, 0.05) is 15.2 Å². The minimum absolute atomic E-state index is 0.0582. The van der Waals surface area contributed by atoms with Gasteiger partial charge >= 0.3 is 0 Å². The van der Waals surface area contributed by atoms with E-state index in [1.54, 1.807) is 11.3 Å². The van der Waals surface area contributed by atoms with Crippen LogP contribution >= 0.6 is 11.3 Å². The van der Waals surface area contributed by atoms with E-state index >= 15 is 0 Å². The monoisotopic (exact) mass is 413 g/mol. The number of nitrogens with zero attached hydrogens (tertiary/aromatic N) is 1. The van der Waals surface area contributed by atoms with Crippen molar-refractivity contribution in [2.24, 2.45) is 5.41 Å². The quantitative estimate of drug-likeness (QED) is 0.551. The summed E-state index contributed by atoms with van der Waals surface area (Å²) in [7, 11) is 0. The smallest absolute Gasteiger partial charge is 0.122 e. The van der Waals surface area contributed by atoms with Crippen molar-refractivity contribution >= 4 is 11.3 Å². The second kappa shape index (κ2) is 9.32. The maximum absolute atomic E-state index is 10.3. The first kappa shape index (κ1) is 23.4. The Morgan fingerprint density at radius 1 is 1.10 bits per heavy atom. The number of aryl methyl sites for hydroxylation is 2. The van der Waals surface area contributed by atoms with Crippen molar-refractivity contribution < 1.29 is 9.84 Å². The first-order valence-corrected chi connectivity index (χ1v) is 11.3. The van der Waals surface area contributed by atoms with E-state index in [9.17, 15) is 5.11 Å². The standard InChI is InChI=1S/C25H35NO2S/c1-8-25(9-2,23-15-18(4)21(29-23)12-13-26)19-10-11-20(17(3)14-19)28-16-22(27)24(5,6)7/h10-11,14-15,22,27H,8-9,12,16H2,1-7H3. The van der Waals surface area contributed by atoms with E-state index in [1.807, 2.05) is 26.8 Å². The molecule has 2 rings (SSSR count). The Morgan fingerprint density at radius 2 is 1.76 bits per heavy atom. The molecule has 0 saturated carbocycles. The summed E-state index contributed by atoms with van der Waals surface area (Å²) in [6, 6.07) is 11.0. The van der Waals surface area contributed by atoms with Crippen LogP contribution in [0.15, 0.2) is 24.3 Å². The average molecular weight is 414 g/mol. The van der Waals surface area contributed by atoms with Crippen molar-refractivity contribution in [1.82, 2.24) is 0 Å². The lowest BCUT2D eigenvalue weighted by Gasteiger charge is -2.32. The first-order valence-electron chi connectivity index (χ1n) is 10.5. The molecular weight excluding hydrogens is 378 g/mol. The maximum atomic E-state index is 10.3. The molecule has 0 saturated heterocycles. The molecule has 3 nitrogen and oxygen atoms in total. The van der Waals surface area contributed by atoms with Crippen LogP contribution in [0.1, 0.15) is 73.9 Å². The molecule has 0 amide bonds. The van der Waals surface area contributed by atoms with E-state index in [4.69, 9.17) is 10.00 Å². The Morgan fingerprint density at radius 3 is 2.28 bits per heavy atom. The van der Waals surface area contributed by atoms with Crippen molar-refractivity contribution in [2.45, 2.75) is 79.2 Å². The van der Waals surface area contributed by atoms with Crippen molar-refractivity contribution in [1.29, 1.82) is 5.26 Å². The van der Waals surface area contributed by atoms with Crippen LogP contribution in [0, 0.1) is 30.6 Å². The lowest BCUT2D eigenvalue weighted by atomic mass is 9.74. The predicted octanol–water partition coefficient (Wildman–Crippen LogP) is 6.32. The zero-order valence-electron chi connectivity index (χ0n) is 18.9. The molecule has 0 aliphatic carbocycles. The van der Waals surface area contributed by atoms with E-state index in [0.717, 1.165) is 24.2 Å². The van der Waals surface area contributed by atoms with Crippen molar-refractivity contribution in [3.05, 3.63) is 50.7 Å². The zero-order chi connectivity index (χ0) is 21.8. The van der Waals surface area contributed by atoms with Gasteiger partial charge in [-0.15, -0.1) is 11.3 Å². The van der Waals surface area contributed by atoms with Gasteiger partial charge in [0.25, 0.3) is 0 Å². The molecule has 0 aliphatic rings. The van der Waals surface area contributed by atoms with Crippen LogP contribution in [0.25, 0.3) is 0 Å². The summed E-state index contributed by atoms with van der Waals surface area (Å²) in [6.07, 6.45) is 1.96. The molecule has 0 bridgehead atoms. The Balaban J connectivity index is 2.36. The molecule has 1 heterocycles. The molecule has 1 unspecified atom stereocenters. The highest BCUT2D eigenvalue weighted by atomic mass is 32.1. The van der Waals surface area contributed by atoms with Crippen molar-refractivity contribution in [2.75, 3.05) is 6.61 Å². The van der Waals surface area contributed by atoms with E-state index in [2.05, 4.69) is 52.0 Å². The van der Waals surface area contributed by atoms with Crippen molar-refractivity contribution in [3.63, 3.8) is 0 Å². The molecule has 4 heteroatoms. The number of aliphatic hydroxyl groups is 1. The number of aliphatic hydroxyl groups excluding tert-OH is 1. The fourth-order valence-corrected chi connectivity index (χ4v) is 5.14. The third-order valence-corrected chi connectivity index (χ3v) is 7.50. The number of ether oxygens (including phenoxy) is 1. The Labute approximate surface area is 180 Å². The third-order valence-electron chi connectivity index (χ3n) is 6.06. The van der Waals surface area contributed by atoms with E-state index in [0.29, 0.717) is 6.42 Å². The molecule has 0 radical (unpaired) electrons. The summed E-state index contributed by atoms with van der Waals surface area (Å²) >= 11 is 1.78. The van der Waals surface area contributed by atoms with Crippen LogP contribution < -0.4 is 4.74 Å². The molecule has 158 valence electrons. The Bertz CT molecular complexity index is 866. The molecule has 0 spiro atoms. The maximum Gasteiger partial charge on any atom is 0.122 e. The fraction of sp³-hybridized carbons (Fsp3) is 0.560. The van der Waals surface area contributed by atoms with Crippen LogP contribution in [0.5, 0.6) is 5.75 Å². The Hall–Kier alpha value is -1.83. The van der Waals surface area contributed by atoms with E-state index in [1.165, 1.54) is 20.9 Å². The minimum Gasteiger partial charge on any atom is -0.491 e. The number of hydrogen-bond acceptors (Lipinski definition) is 4. The highest BCUT2D eigenvalue weighted by Gasteiger charge is 2.33. The van der Waals surface area contributed by atoms with Gasteiger partial charge in [0.2, 0.25) is 0 Å². The molecule has 29 heavy (non-hydrogen) atoms. The predicted molar refractivity (Wildman–Crippen MR) is 122 cm³/mol. The van der Waals surface area contributed by atoms with E-state index in [-0.39, 0.29) is 17.4 Å². The van der Waals surface area contributed by atoms with Gasteiger partial charge in [-0.1, -0.05) is 46.8 Å². The molecule has 0 fully saturated rings. The highest BCUT2D eigenvalue weighted by molar-refractivity contribution is 7.12. The van der Waals surface area contributed by atoms with Gasteiger partial charge in [0.1, 0.15) is 12.4 Å².